The number of unbranched alkanes of at least 4 members (excludes halogenated alkanes) is 11. The van der Waals surface area contributed by atoms with Gasteiger partial charge in [-0.2, -0.15) is 0 Å². The van der Waals surface area contributed by atoms with Crippen LogP contribution in [0.3, 0.4) is 0 Å². The summed E-state index contributed by atoms with van der Waals surface area (Å²) in [5, 5.41) is 23.6. The Labute approximate surface area is 168 Å². The van der Waals surface area contributed by atoms with Gasteiger partial charge in [-0.15, -0.1) is 0 Å². The summed E-state index contributed by atoms with van der Waals surface area (Å²) in [6.07, 6.45) is 21.2. The van der Waals surface area contributed by atoms with Crippen LogP contribution in [0.5, 0.6) is 0 Å². The Bertz CT molecular complexity index is 269. The Kier molecular flexibility index (Phi) is 45.0. The van der Waals surface area contributed by atoms with Crippen LogP contribution in [0.4, 0.5) is 0 Å². The average molecular weight is 392 g/mol. The SMILES string of the molecule is CCCCCCCCC=CCCCCCCCC(=O)O.CCO.CCO.N. The zero-order valence-corrected chi connectivity index (χ0v) is 18.4. The molecule has 0 aromatic rings. The molecular weight excluding hydrogens is 342 g/mol. The van der Waals surface area contributed by atoms with Crippen molar-refractivity contribution in [3.63, 3.8) is 0 Å². The first-order valence-electron chi connectivity index (χ1n) is 10.7. The van der Waals surface area contributed by atoms with Gasteiger partial charge in [-0.25, -0.2) is 0 Å². The molecule has 0 spiro atoms. The Morgan fingerprint density at radius 2 is 1.00 bits per heavy atom. The van der Waals surface area contributed by atoms with E-state index in [-0.39, 0.29) is 19.4 Å². The van der Waals surface area contributed by atoms with E-state index in [1.54, 1.807) is 13.8 Å². The topological polar surface area (TPSA) is 113 Å². The minimum Gasteiger partial charge on any atom is -0.481 e. The Morgan fingerprint density at radius 3 is 1.37 bits per heavy atom. The van der Waals surface area contributed by atoms with Crippen LogP contribution in [0.25, 0.3) is 0 Å². The number of carbonyl (C=O) groups is 1. The summed E-state index contributed by atoms with van der Waals surface area (Å²) in [5.74, 6) is -0.664. The summed E-state index contributed by atoms with van der Waals surface area (Å²) in [4.78, 5) is 10.3. The molecule has 0 radical (unpaired) electrons. The molecule has 5 nitrogen and oxygen atoms in total. The van der Waals surface area contributed by atoms with Gasteiger partial charge in [0, 0.05) is 19.6 Å². The van der Waals surface area contributed by atoms with E-state index in [9.17, 15) is 4.79 Å². The highest BCUT2D eigenvalue weighted by Crippen LogP contribution is 2.09. The Balaban J connectivity index is -0.000000331. The standard InChI is InChI=1S/C18H34O2.2C2H6O.H3N/c1-2-3-4-5-6-7-8-9-10-11-12-13-14-15-16-17-18(19)20;2*1-2-3;/h9-10H,2-8,11-17H2,1H3,(H,19,20);2*3H,2H2,1H3;1H3. The van der Waals surface area contributed by atoms with Crippen LogP contribution in [0.1, 0.15) is 111 Å². The van der Waals surface area contributed by atoms with E-state index in [1.807, 2.05) is 0 Å². The molecule has 0 aromatic heterocycles. The zero-order chi connectivity index (χ0) is 20.3. The highest BCUT2D eigenvalue weighted by atomic mass is 16.4. The van der Waals surface area contributed by atoms with Crippen molar-refractivity contribution in [2.24, 2.45) is 0 Å². The highest BCUT2D eigenvalue weighted by Gasteiger charge is 1.95. The van der Waals surface area contributed by atoms with Gasteiger partial charge >= 0.3 is 5.97 Å². The number of aliphatic carboxylic acids is 1. The maximum Gasteiger partial charge on any atom is 0.303 e. The van der Waals surface area contributed by atoms with Crippen LogP contribution in [0.2, 0.25) is 0 Å². The second-order valence-corrected chi connectivity index (χ2v) is 6.36. The van der Waals surface area contributed by atoms with Gasteiger partial charge in [-0.05, 0) is 46.0 Å². The number of hydrogen-bond donors (Lipinski definition) is 4. The average Bonchev–Trinajstić information content (AvgIpc) is 2.59. The molecule has 0 aliphatic heterocycles. The van der Waals surface area contributed by atoms with E-state index < -0.39 is 5.97 Å². The fraction of sp³-hybridized carbons (Fsp3) is 0.864. The van der Waals surface area contributed by atoms with Crippen molar-refractivity contribution >= 4 is 5.97 Å². The van der Waals surface area contributed by atoms with Crippen LogP contribution in [0.15, 0.2) is 12.2 Å². The quantitative estimate of drug-likeness (QED) is 0.194. The van der Waals surface area contributed by atoms with Gasteiger partial charge in [0.1, 0.15) is 0 Å². The smallest absolute Gasteiger partial charge is 0.303 e. The Hall–Kier alpha value is -0.910. The maximum absolute atomic E-state index is 10.3. The molecule has 0 saturated heterocycles. The van der Waals surface area contributed by atoms with E-state index >= 15 is 0 Å². The third kappa shape index (κ3) is 51.7. The lowest BCUT2D eigenvalue weighted by atomic mass is 10.1. The molecule has 0 aromatic carbocycles. The second-order valence-electron chi connectivity index (χ2n) is 6.36. The van der Waals surface area contributed by atoms with Gasteiger partial charge in [0.25, 0.3) is 0 Å². The summed E-state index contributed by atoms with van der Waals surface area (Å²) in [7, 11) is 0. The van der Waals surface area contributed by atoms with Crippen molar-refractivity contribution in [1.82, 2.24) is 6.15 Å². The Morgan fingerprint density at radius 1 is 0.667 bits per heavy atom. The molecule has 0 atom stereocenters. The van der Waals surface area contributed by atoms with Gasteiger partial charge < -0.3 is 21.5 Å². The first kappa shape index (κ1) is 33.7. The maximum atomic E-state index is 10.3. The molecule has 0 aliphatic rings. The van der Waals surface area contributed by atoms with Crippen LogP contribution in [-0.2, 0) is 4.79 Å². The molecule has 0 saturated carbocycles. The lowest BCUT2D eigenvalue weighted by molar-refractivity contribution is -0.137. The minimum atomic E-state index is -0.664. The third-order valence-corrected chi connectivity index (χ3v) is 3.65. The van der Waals surface area contributed by atoms with E-state index in [0.29, 0.717) is 6.42 Å². The summed E-state index contributed by atoms with van der Waals surface area (Å²) in [5.41, 5.74) is 0. The van der Waals surface area contributed by atoms with Gasteiger partial charge in [0.15, 0.2) is 0 Å². The van der Waals surface area contributed by atoms with Crippen molar-refractivity contribution in [1.29, 1.82) is 0 Å². The van der Waals surface area contributed by atoms with Gasteiger partial charge in [-0.1, -0.05) is 70.4 Å². The van der Waals surface area contributed by atoms with Crippen LogP contribution < -0.4 is 6.15 Å². The third-order valence-electron chi connectivity index (χ3n) is 3.65. The predicted molar refractivity (Wildman–Crippen MR) is 118 cm³/mol. The monoisotopic (exact) mass is 391 g/mol. The number of aliphatic hydroxyl groups excluding tert-OH is 2. The molecule has 0 bridgehead atoms. The molecule has 0 heterocycles. The number of allylic oxidation sites excluding steroid dienone is 2. The fourth-order valence-corrected chi connectivity index (χ4v) is 2.35. The molecule has 0 rings (SSSR count). The molecule has 5 heteroatoms. The lowest BCUT2D eigenvalue weighted by Crippen LogP contribution is -1.93. The van der Waals surface area contributed by atoms with Crippen molar-refractivity contribution in [3.05, 3.63) is 12.2 Å². The summed E-state index contributed by atoms with van der Waals surface area (Å²) >= 11 is 0. The number of hydrogen-bond acceptors (Lipinski definition) is 4. The molecule has 0 unspecified atom stereocenters. The second kappa shape index (κ2) is 36.1. The van der Waals surface area contributed by atoms with Crippen LogP contribution in [-0.4, -0.2) is 34.5 Å². The summed E-state index contributed by atoms with van der Waals surface area (Å²) in [6.45, 7) is 6.12. The van der Waals surface area contributed by atoms with Crippen LogP contribution in [0, 0.1) is 0 Å². The summed E-state index contributed by atoms with van der Waals surface area (Å²) in [6, 6.07) is 0. The van der Waals surface area contributed by atoms with Gasteiger partial charge in [0.05, 0.1) is 0 Å². The van der Waals surface area contributed by atoms with E-state index in [1.165, 1.54) is 70.6 Å². The van der Waals surface area contributed by atoms with E-state index in [2.05, 4.69) is 19.1 Å². The largest absolute Gasteiger partial charge is 0.481 e. The molecular formula is C22H49NO4. The zero-order valence-electron chi connectivity index (χ0n) is 18.4. The molecule has 0 aliphatic carbocycles. The molecule has 0 amide bonds. The lowest BCUT2D eigenvalue weighted by Gasteiger charge is -1.99. The number of carboxylic acid groups (broad SMARTS) is 1. The summed E-state index contributed by atoms with van der Waals surface area (Å²) < 4.78 is 0. The number of aliphatic hydroxyl groups is 2. The normalized spacial score (nSPS) is 9.67. The van der Waals surface area contributed by atoms with E-state index in [4.69, 9.17) is 15.3 Å². The van der Waals surface area contributed by atoms with Gasteiger partial charge in [0.2, 0.25) is 0 Å². The number of carboxylic acids is 1. The van der Waals surface area contributed by atoms with E-state index in [0.717, 1.165) is 12.8 Å². The van der Waals surface area contributed by atoms with Crippen molar-refractivity contribution in [2.45, 2.75) is 111 Å². The first-order chi connectivity index (χ1) is 12.6. The van der Waals surface area contributed by atoms with Crippen LogP contribution >= 0.6 is 0 Å². The van der Waals surface area contributed by atoms with Crippen molar-refractivity contribution < 1.29 is 20.1 Å². The molecule has 6 N–H and O–H groups in total. The molecule has 0 fully saturated rings. The number of rotatable bonds is 15. The molecule has 166 valence electrons. The minimum absolute atomic E-state index is 0. The van der Waals surface area contributed by atoms with Crippen molar-refractivity contribution in [3.8, 4) is 0 Å². The molecule has 27 heavy (non-hydrogen) atoms. The predicted octanol–water partition coefficient (Wildman–Crippen LogP) is 6.27. The highest BCUT2D eigenvalue weighted by molar-refractivity contribution is 5.66. The van der Waals surface area contributed by atoms with Gasteiger partial charge in [-0.3, -0.25) is 4.79 Å². The fourth-order valence-electron chi connectivity index (χ4n) is 2.35. The first-order valence-corrected chi connectivity index (χ1v) is 10.7. The van der Waals surface area contributed by atoms with Crippen molar-refractivity contribution in [2.75, 3.05) is 13.2 Å².